The lowest BCUT2D eigenvalue weighted by molar-refractivity contribution is -0.0947. The van der Waals surface area contributed by atoms with Crippen LogP contribution in [0, 0.1) is 0 Å². The molecule has 5 N–H and O–H groups in total. The first-order valence-electron chi connectivity index (χ1n) is 9.78. The number of aliphatic hydroxyl groups is 2. The van der Waals surface area contributed by atoms with Gasteiger partial charge in [-0.15, -0.1) is 4.52 Å². The van der Waals surface area contributed by atoms with Crippen LogP contribution in [-0.4, -0.2) is 61.3 Å². The zero-order valence-corrected chi connectivity index (χ0v) is 18.3. The van der Waals surface area contributed by atoms with Gasteiger partial charge >= 0.3 is 8.18 Å². The normalized spacial score (nSPS) is 25.9. The summed E-state index contributed by atoms with van der Waals surface area (Å²) in [6.07, 6.45) is -1.96. The van der Waals surface area contributed by atoms with Gasteiger partial charge in [0.15, 0.2) is 17.4 Å². The maximum atomic E-state index is 12.2. The van der Waals surface area contributed by atoms with E-state index in [0.29, 0.717) is 12.1 Å². The Morgan fingerprint density at radius 3 is 2.81 bits per heavy atom. The van der Waals surface area contributed by atoms with E-state index in [4.69, 9.17) is 19.7 Å². The van der Waals surface area contributed by atoms with E-state index in [1.165, 1.54) is 24.9 Å². The van der Waals surface area contributed by atoms with E-state index in [9.17, 15) is 14.8 Å². The summed E-state index contributed by atoms with van der Waals surface area (Å²) < 4.78 is 30.0. The Bertz CT molecular complexity index is 1110. The zero-order chi connectivity index (χ0) is 22.9. The van der Waals surface area contributed by atoms with Crippen LogP contribution in [0.3, 0.4) is 0 Å². The van der Waals surface area contributed by atoms with Crippen molar-refractivity contribution >= 4 is 25.3 Å². The number of nitrogens with two attached hydrogens (primary N) is 1. The third-order valence-corrected chi connectivity index (χ3v) is 6.02. The van der Waals surface area contributed by atoms with E-state index in [-0.39, 0.29) is 24.1 Å². The van der Waals surface area contributed by atoms with Gasteiger partial charge in [0.05, 0.1) is 20.0 Å². The highest BCUT2D eigenvalue weighted by molar-refractivity contribution is 7.36. The van der Waals surface area contributed by atoms with E-state index >= 15 is 0 Å². The van der Waals surface area contributed by atoms with Crippen LogP contribution in [0.5, 0.6) is 5.88 Å². The average molecular weight is 463 g/mol. The molecule has 4 rings (SSSR count). The first-order chi connectivity index (χ1) is 15.3. The summed E-state index contributed by atoms with van der Waals surface area (Å²) in [6.45, 7) is 1.57. The second-order valence-electron chi connectivity index (χ2n) is 7.49. The molecule has 1 fully saturated rings. The largest absolute Gasteiger partial charge is 0.613 e. The van der Waals surface area contributed by atoms with Crippen molar-refractivity contribution in [2.75, 3.05) is 19.5 Å². The Kier molecular flexibility index (Phi) is 6.33. The van der Waals surface area contributed by atoms with Gasteiger partial charge in [0, 0.05) is 0 Å². The number of aromatic nitrogens is 4. The number of benzene rings is 1. The molecule has 0 amide bonds. The molecule has 170 valence electrons. The average Bonchev–Trinajstić information content (AvgIpc) is 3.29. The SMILES string of the molecule is COc1nc(N)nc2c1ncn2[C@@H]1O[C@H](CO[P+](=O)NCc2ccccc2)[C@@H](O)[C@@]1(C)O. The van der Waals surface area contributed by atoms with E-state index in [0.717, 1.165) is 5.56 Å². The van der Waals surface area contributed by atoms with Crippen molar-refractivity contribution in [3.63, 3.8) is 0 Å². The highest BCUT2D eigenvalue weighted by Crippen LogP contribution is 2.40. The molecule has 3 aromatic rings. The molecule has 0 spiro atoms. The topological polar surface area (TPSA) is 167 Å². The lowest BCUT2D eigenvalue weighted by atomic mass is 9.96. The van der Waals surface area contributed by atoms with Gasteiger partial charge in [-0.05, 0) is 17.1 Å². The number of hydrogen-bond donors (Lipinski definition) is 4. The molecule has 1 aliphatic heterocycles. The van der Waals surface area contributed by atoms with E-state index < -0.39 is 32.2 Å². The van der Waals surface area contributed by atoms with Crippen LogP contribution < -0.4 is 15.6 Å². The van der Waals surface area contributed by atoms with Gasteiger partial charge in [0.1, 0.15) is 24.4 Å². The van der Waals surface area contributed by atoms with E-state index in [2.05, 4.69) is 20.0 Å². The minimum Gasteiger partial charge on any atom is -0.479 e. The fraction of sp³-hybridized carbons (Fsp3) is 0.421. The highest BCUT2D eigenvalue weighted by Gasteiger charge is 2.54. The van der Waals surface area contributed by atoms with Crippen molar-refractivity contribution in [3.05, 3.63) is 42.2 Å². The highest BCUT2D eigenvalue weighted by atomic mass is 31.1. The van der Waals surface area contributed by atoms with Gasteiger partial charge in [0.2, 0.25) is 11.8 Å². The molecule has 5 atom stereocenters. The van der Waals surface area contributed by atoms with Crippen LogP contribution >= 0.6 is 8.18 Å². The quantitative estimate of drug-likeness (QED) is 0.350. The summed E-state index contributed by atoms with van der Waals surface area (Å²) in [7, 11) is -0.791. The molecular formula is C19H24N6O6P+. The summed E-state index contributed by atoms with van der Waals surface area (Å²) in [5, 5.41) is 24.4. The number of imidazole rings is 1. The van der Waals surface area contributed by atoms with Crippen LogP contribution in [0.15, 0.2) is 36.7 Å². The lowest BCUT2D eigenvalue weighted by Crippen LogP contribution is -2.44. The monoisotopic (exact) mass is 463 g/mol. The molecule has 0 bridgehead atoms. The predicted molar refractivity (Wildman–Crippen MR) is 114 cm³/mol. The summed E-state index contributed by atoms with van der Waals surface area (Å²) >= 11 is 0. The Labute approximate surface area is 184 Å². The van der Waals surface area contributed by atoms with E-state index in [1.54, 1.807) is 0 Å². The number of ether oxygens (including phenoxy) is 2. The van der Waals surface area contributed by atoms with Gasteiger partial charge in [-0.1, -0.05) is 35.4 Å². The zero-order valence-electron chi connectivity index (χ0n) is 17.5. The molecule has 1 saturated heterocycles. The van der Waals surface area contributed by atoms with Crippen molar-refractivity contribution in [2.45, 2.75) is 37.5 Å². The molecule has 12 nitrogen and oxygen atoms in total. The first kappa shape index (κ1) is 22.5. The first-order valence-corrected chi connectivity index (χ1v) is 11.0. The van der Waals surface area contributed by atoms with Gasteiger partial charge in [-0.3, -0.25) is 4.57 Å². The van der Waals surface area contributed by atoms with Gasteiger partial charge in [-0.2, -0.15) is 9.97 Å². The van der Waals surface area contributed by atoms with Crippen LogP contribution in [-0.2, 0) is 20.4 Å². The number of fused-ring (bicyclic) bond motifs is 1. The van der Waals surface area contributed by atoms with Gasteiger partial charge in [-0.25, -0.2) is 4.98 Å². The van der Waals surface area contributed by atoms with Crippen LogP contribution in [0.2, 0.25) is 0 Å². The lowest BCUT2D eigenvalue weighted by Gasteiger charge is -2.27. The summed E-state index contributed by atoms with van der Waals surface area (Å²) in [4.78, 5) is 12.3. The molecular weight excluding hydrogens is 439 g/mol. The number of rotatable bonds is 8. The molecule has 1 aliphatic rings. The summed E-state index contributed by atoms with van der Waals surface area (Å²) in [5.74, 6) is 0.126. The number of nitrogen functional groups attached to an aromatic ring is 1. The second kappa shape index (κ2) is 9.02. The second-order valence-corrected chi connectivity index (χ2v) is 8.57. The Morgan fingerprint density at radius 2 is 2.09 bits per heavy atom. The Balaban J connectivity index is 1.46. The Hall–Kier alpha value is -2.73. The maximum absolute atomic E-state index is 12.2. The molecule has 0 aliphatic carbocycles. The van der Waals surface area contributed by atoms with Gasteiger partial charge in [0.25, 0.3) is 0 Å². The van der Waals surface area contributed by atoms with Crippen molar-refractivity contribution in [2.24, 2.45) is 0 Å². The fourth-order valence-electron chi connectivity index (χ4n) is 3.54. The molecule has 2 aromatic heterocycles. The number of hydrogen-bond acceptors (Lipinski definition) is 10. The molecule has 3 heterocycles. The number of nitrogens with one attached hydrogen (secondary N) is 1. The summed E-state index contributed by atoms with van der Waals surface area (Å²) in [6, 6.07) is 9.43. The smallest absolute Gasteiger partial charge is 0.479 e. The maximum Gasteiger partial charge on any atom is 0.613 e. The third kappa shape index (κ3) is 4.29. The standard InChI is InChI=1S/C19H24N6O6P/c1-19(27)14(26)12(9-30-32(28)22-8-11-6-4-3-5-7-11)31-17(19)25-10-21-13-15(25)23-18(20)24-16(13)29-2/h3-7,10,12,14,17,26-27H,8-9H2,1-2H3,(H,22,28)(H2,20,23,24)/q+1/t12-,14-,17-,19-/m1/s1. The molecule has 13 heteroatoms. The van der Waals surface area contributed by atoms with Crippen molar-refractivity contribution in [1.82, 2.24) is 24.6 Å². The molecule has 1 unspecified atom stereocenters. The summed E-state index contributed by atoms with van der Waals surface area (Å²) in [5.41, 5.74) is 5.56. The van der Waals surface area contributed by atoms with Crippen LogP contribution in [0.1, 0.15) is 18.7 Å². The molecule has 32 heavy (non-hydrogen) atoms. The molecule has 0 saturated carbocycles. The van der Waals surface area contributed by atoms with Gasteiger partial charge < -0.3 is 25.4 Å². The van der Waals surface area contributed by atoms with Crippen molar-refractivity contribution in [1.29, 1.82) is 0 Å². The van der Waals surface area contributed by atoms with Crippen LogP contribution in [0.25, 0.3) is 11.2 Å². The minimum atomic E-state index is -2.21. The third-order valence-electron chi connectivity index (χ3n) is 5.22. The Morgan fingerprint density at radius 1 is 1.34 bits per heavy atom. The fourth-order valence-corrected chi connectivity index (χ4v) is 4.22. The van der Waals surface area contributed by atoms with Crippen LogP contribution in [0.4, 0.5) is 5.95 Å². The van der Waals surface area contributed by atoms with E-state index in [1.807, 2.05) is 30.3 Å². The van der Waals surface area contributed by atoms with Crippen molar-refractivity contribution in [3.8, 4) is 5.88 Å². The number of anilines is 1. The molecule has 1 aromatic carbocycles. The van der Waals surface area contributed by atoms with Crippen molar-refractivity contribution < 1.29 is 28.8 Å². The molecule has 0 radical (unpaired) electrons. The predicted octanol–water partition coefficient (Wildman–Crippen LogP) is 0.890. The number of methoxy groups -OCH3 is 1. The number of aliphatic hydroxyl groups excluding tert-OH is 1. The number of nitrogens with zero attached hydrogens (tertiary/aromatic N) is 4. The minimum absolute atomic E-state index is 0.0457.